The van der Waals surface area contributed by atoms with Crippen molar-refractivity contribution in [2.24, 2.45) is 0 Å². The van der Waals surface area contributed by atoms with Gasteiger partial charge in [-0.2, -0.15) is 5.26 Å². The van der Waals surface area contributed by atoms with Gasteiger partial charge in [0.05, 0.1) is 16.7 Å². The molecule has 0 fully saturated rings. The van der Waals surface area contributed by atoms with Crippen LogP contribution < -0.4 is 10.6 Å². The Hall–Kier alpha value is -3.18. The molecule has 0 aliphatic carbocycles. The highest BCUT2D eigenvalue weighted by Crippen LogP contribution is 2.12. The Morgan fingerprint density at radius 3 is 2.19 bits per heavy atom. The molecule has 0 saturated carbocycles. The molecule has 140 valence electrons. The van der Waals surface area contributed by atoms with Crippen molar-refractivity contribution in [3.63, 3.8) is 0 Å². The van der Waals surface area contributed by atoms with Crippen molar-refractivity contribution in [3.05, 3.63) is 66.2 Å². The average molecular weight is 385 g/mol. The molecule has 0 unspecified atom stereocenters. The minimum atomic E-state index is -3.61. The number of sulfone groups is 1. The van der Waals surface area contributed by atoms with E-state index >= 15 is 0 Å². The molecule has 8 heteroatoms. The molecule has 1 atom stereocenters. The molecule has 27 heavy (non-hydrogen) atoms. The topological polar surface area (TPSA) is 116 Å². The predicted octanol–water partition coefficient (Wildman–Crippen LogP) is 1.29. The van der Waals surface area contributed by atoms with Crippen LogP contribution in [0.15, 0.2) is 65.6 Å². The lowest BCUT2D eigenvalue weighted by atomic mass is 10.1. The van der Waals surface area contributed by atoms with Crippen LogP contribution in [0.5, 0.6) is 0 Å². The summed E-state index contributed by atoms with van der Waals surface area (Å²) in [5.74, 6) is -1.43. The summed E-state index contributed by atoms with van der Waals surface area (Å²) in [4.78, 5) is 24.7. The molecule has 7 nitrogen and oxygen atoms in total. The molecule has 2 aromatic carbocycles. The van der Waals surface area contributed by atoms with Crippen molar-refractivity contribution >= 4 is 21.7 Å². The summed E-state index contributed by atoms with van der Waals surface area (Å²) in [7, 11) is -3.61. The maximum Gasteiger partial charge on any atom is 0.251 e. The summed E-state index contributed by atoms with van der Waals surface area (Å²) >= 11 is 0. The summed E-state index contributed by atoms with van der Waals surface area (Å²) in [6.45, 7) is -0.234. The zero-order valence-corrected chi connectivity index (χ0v) is 15.3. The second kappa shape index (κ2) is 9.50. The molecule has 0 radical (unpaired) electrons. The van der Waals surface area contributed by atoms with E-state index in [2.05, 4.69) is 10.6 Å². The monoisotopic (exact) mass is 385 g/mol. The highest BCUT2D eigenvalue weighted by Gasteiger charge is 2.24. The Balaban J connectivity index is 2.11. The minimum absolute atomic E-state index is 0.118. The van der Waals surface area contributed by atoms with Gasteiger partial charge in [-0.25, -0.2) is 8.42 Å². The molecule has 0 aromatic heterocycles. The van der Waals surface area contributed by atoms with Crippen LogP contribution in [0.25, 0.3) is 0 Å². The van der Waals surface area contributed by atoms with Gasteiger partial charge in [0.25, 0.3) is 5.91 Å². The van der Waals surface area contributed by atoms with Crippen LogP contribution in [0, 0.1) is 11.3 Å². The maximum absolute atomic E-state index is 12.4. The number of rotatable bonds is 8. The van der Waals surface area contributed by atoms with Gasteiger partial charge in [0.15, 0.2) is 9.84 Å². The molecular weight excluding hydrogens is 366 g/mol. The Morgan fingerprint density at radius 2 is 1.59 bits per heavy atom. The second-order valence-electron chi connectivity index (χ2n) is 5.69. The number of benzene rings is 2. The molecule has 0 saturated heterocycles. The molecule has 2 amide bonds. The third-order valence-corrected chi connectivity index (χ3v) is 5.54. The Labute approximate surface area is 157 Å². The van der Waals surface area contributed by atoms with Gasteiger partial charge in [0.1, 0.15) is 12.6 Å². The summed E-state index contributed by atoms with van der Waals surface area (Å²) < 4.78 is 24.9. The summed E-state index contributed by atoms with van der Waals surface area (Å²) in [6.07, 6.45) is -0.118. The minimum Gasteiger partial charge on any atom is -0.341 e. The zero-order valence-electron chi connectivity index (χ0n) is 14.5. The number of nitrogens with zero attached hydrogens (tertiary/aromatic N) is 1. The number of hydrogen-bond donors (Lipinski definition) is 2. The van der Waals surface area contributed by atoms with Gasteiger partial charge in [0.2, 0.25) is 5.91 Å². The molecular formula is C19H19N3O4S. The molecule has 0 bridgehead atoms. The number of nitriles is 1. The predicted molar refractivity (Wildman–Crippen MR) is 99.4 cm³/mol. The zero-order chi connectivity index (χ0) is 19.7. The quantitative estimate of drug-likeness (QED) is 0.664. The van der Waals surface area contributed by atoms with Gasteiger partial charge in [-0.3, -0.25) is 9.59 Å². The first kappa shape index (κ1) is 20.1. The van der Waals surface area contributed by atoms with E-state index in [0.717, 1.165) is 0 Å². The lowest BCUT2D eigenvalue weighted by Crippen LogP contribution is -2.47. The van der Waals surface area contributed by atoms with Crippen LogP contribution in [-0.2, 0) is 14.6 Å². The van der Waals surface area contributed by atoms with Gasteiger partial charge in [-0.1, -0.05) is 36.4 Å². The largest absolute Gasteiger partial charge is 0.341 e. The van der Waals surface area contributed by atoms with Crippen LogP contribution in [-0.4, -0.2) is 38.6 Å². The number of hydrogen-bond acceptors (Lipinski definition) is 5. The first-order valence-corrected chi connectivity index (χ1v) is 9.87. The summed E-state index contributed by atoms with van der Waals surface area (Å²) in [5, 5.41) is 13.5. The fraction of sp³-hybridized carbons (Fsp3) is 0.211. The summed E-state index contributed by atoms with van der Waals surface area (Å²) in [5.41, 5.74) is 0.349. The van der Waals surface area contributed by atoms with Crippen LogP contribution in [0.3, 0.4) is 0 Å². The van der Waals surface area contributed by atoms with E-state index in [4.69, 9.17) is 5.26 Å². The fourth-order valence-corrected chi connectivity index (χ4v) is 3.72. The highest BCUT2D eigenvalue weighted by molar-refractivity contribution is 7.91. The van der Waals surface area contributed by atoms with Gasteiger partial charge < -0.3 is 10.6 Å². The first-order valence-electron chi connectivity index (χ1n) is 8.22. The number of carbonyl (C=O) groups is 2. The van der Waals surface area contributed by atoms with E-state index < -0.39 is 27.7 Å². The smallest absolute Gasteiger partial charge is 0.251 e. The number of amides is 2. The second-order valence-corrected chi connectivity index (χ2v) is 7.80. The third-order valence-electron chi connectivity index (χ3n) is 3.78. The van der Waals surface area contributed by atoms with Gasteiger partial charge in [0, 0.05) is 5.56 Å². The van der Waals surface area contributed by atoms with E-state index in [1.165, 1.54) is 12.1 Å². The van der Waals surface area contributed by atoms with Crippen molar-refractivity contribution in [3.8, 4) is 6.07 Å². The molecule has 0 aliphatic rings. The van der Waals surface area contributed by atoms with Crippen molar-refractivity contribution in [2.45, 2.75) is 17.4 Å². The van der Waals surface area contributed by atoms with Gasteiger partial charge in [-0.15, -0.1) is 0 Å². The van der Waals surface area contributed by atoms with Crippen molar-refractivity contribution < 1.29 is 18.0 Å². The van der Waals surface area contributed by atoms with Crippen LogP contribution in [0.4, 0.5) is 0 Å². The van der Waals surface area contributed by atoms with E-state index in [0.29, 0.717) is 5.56 Å². The molecule has 0 spiro atoms. The maximum atomic E-state index is 12.4. The highest BCUT2D eigenvalue weighted by atomic mass is 32.2. The third kappa shape index (κ3) is 5.94. The van der Waals surface area contributed by atoms with Crippen LogP contribution in [0.2, 0.25) is 0 Å². The van der Waals surface area contributed by atoms with E-state index in [-0.39, 0.29) is 23.6 Å². The van der Waals surface area contributed by atoms with E-state index in [9.17, 15) is 18.0 Å². The molecule has 0 heterocycles. The van der Waals surface area contributed by atoms with Gasteiger partial charge >= 0.3 is 0 Å². The Bertz CT molecular complexity index is 922. The standard InChI is InChI=1S/C19H19N3O4S/c20-12-13-21-19(24)17(22-18(23)15-7-3-1-4-8-15)11-14-27(25,26)16-9-5-2-6-10-16/h1-10,17H,11,13-14H2,(H,21,24)(H,22,23)/t17-/m0/s1. The summed E-state index contributed by atoms with van der Waals surface area (Å²) in [6, 6.07) is 16.9. The lowest BCUT2D eigenvalue weighted by Gasteiger charge is -2.18. The SMILES string of the molecule is N#CCNC(=O)[C@H](CCS(=O)(=O)c1ccccc1)NC(=O)c1ccccc1. The van der Waals surface area contributed by atoms with Crippen LogP contribution in [0.1, 0.15) is 16.8 Å². The van der Waals surface area contributed by atoms with Crippen molar-refractivity contribution in [2.75, 3.05) is 12.3 Å². The van der Waals surface area contributed by atoms with Crippen molar-refractivity contribution in [1.29, 1.82) is 5.26 Å². The fourth-order valence-electron chi connectivity index (χ4n) is 2.37. The number of nitrogens with one attached hydrogen (secondary N) is 2. The average Bonchev–Trinajstić information content (AvgIpc) is 2.70. The molecule has 0 aliphatic heterocycles. The molecule has 2 N–H and O–H groups in total. The van der Waals surface area contributed by atoms with Crippen LogP contribution >= 0.6 is 0 Å². The Morgan fingerprint density at radius 1 is 1.00 bits per heavy atom. The first-order chi connectivity index (χ1) is 12.9. The van der Waals surface area contributed by atoms with Crippen molar-refractivity contribution in [1.82, 2.24) is 10.6 Å². The normalized spacial score (nSPS) is 11.8. The number of carbonyl (C=O) groups excluding carboxylic acids is 2. The molecule has 2 rings (SSSR count). The van der Waals surface area contributed by atoms with E-state index in [1.54, 1.807) is 54.6 Å². The molecule has 2 aromatic rings. The van der Waals surface area contributed by atoms with E-state index in [1.807, 2.05) is 0 Å². The van der Waals surface area contributed by atoms with Gasteiger partial charge in [-0.05, 0) is 30.7 Å². The Kier molecular flexibility index (Phi) is 7.08. The lowest BCUT2D eigenvalue weighted by molar-refractivity contribution is -0.122.